The van der Waals surface area contributed by atoms with Crippen LogP contribution < -0.4 is 0 Å². The first kappa shape index (κ1) is 16.1. The van der Waals surface area contributed by atoms with Gasteiger partial charge in [0.05, 0.1) is 0 Å². The van der Waals surface area contributed by atoms with Gasteiger partial charge in [0.25, 0.3) is 0 Å². The molecule has 0 rings (SSSR count). The molecule has 0 aliphatic carbocycles. The van der Waals surface area contributed by atoms with Crippen molar-refractivity contribution in [1.82, 2.24) is 0 Å². The summed E-state index contributed by atoms with van der Waals surface area (Å²) in [6.07, 6.45) is -17.4. The summed E-state index contributed by atoms with van der Waals surface area (Å²) >= 11 is 1.30. The predicted molar refractivity (Wildman–Crippen MR) is 45.4 cm³/mol. The minimum atomic E-state index is -5.65. The quantitative estimate of drug-likeness (QED) is 0.390. The van der Waals surface area contributed by atoms with Gasteiger partial charge in [0, 0.05) is 10.8 Å². The lowest BCUT2D eigenvalue weighted by atomic mass is 10.2. The van der Waals surface area contributed by atoms with E-state index in [1.54, 1.807) is 0 Å². The molecule has 0 saturated heterocycles. The molecule has 0 bridgehead atoms. The van der Waals surface area contributed by atoms with Crippen LogP contribution in [0.5, 0.6) is 0 Å². The summed E-state index contributed by atoms with van der Waals surface area (Å²) in [6, 6.07) is 0. The molecule has 98 valence electrons. The highest BCUT2D eigenvalue weighted by Gasteiger charge is 2.63. The van der Waals surface area contributed by atoms with E-state index in [4.69, 9.17) is 0 Å². The molecule has 1 nitrogen and oxygen atoms in total. The molecule has 0 aromatic carbocycles. The number of alkyl halides is 9. The van der Waals surface area contributed by atoms with Gasteiger partial charge in [-0.25, -0.2) is 13.5 Å². The van der Waals surface area contributed by atoms with Gasteiger partial charge in [-0.15, -0.1) is 0 Å². The van der Waals surface area contributed by atoms with Crippen molar-refractivity contribution >= 4 is 22.6 Å². The van der Waals surface area contributed by atoms with Crippen molar-refractivity contribution < 1.29 is 39.9 Å². The Morgan fingerprint density at radius 1 is 1.00 bits per heavy atom. The molecule has 0 unspecified atom stereocenters. The van der Waals surface area contributed by atoms with E-state index in [1.165, 1.54) is 22.6 Å². The Hall–Kier alpha value is 0.130. The van der Waals surface area contributed by atoms with Crippen LogP contribution in [0.2, 0.25) is 0 Å². The van der Waals surface area contributed by atoms with Crippen molar-refractivity contribution in [3.05, 3.63) is 0 Å². The van der Waals surface area contributed by atoms with Gasteiger partial charge in [-0.1, -0.05) is 22.6 Å². The Morgan fingerprint density at radius 2 is 1.44 bits per heavy atom. The molecular formula is C6H5F8IO. The van der Waals surface area contributed by atoms with Gasteiger partial charge in [0.1, 0.15) is 0 Å². The second-order valence-electron chi connectivity index (χ2n) is 2.62. The van der Waals surface area contributed by atoms with Gasteiger partial charge in [-0.05, 0) is 0 Å². The Morgan fingerprint density at radius 3 is 1.75 bits per heavy atom. The molecule has 0 heterocycles. The highest BCUT2D eigenvalue weighted by Crippen LogP contribution is 2.43. The van der Waals surface area contributed by atoms with Crippen LogP contribution in [0.1, 0.15) is 6.42 Å². The van der Waals surface area contributed by atoms with Crippen molar-refractivity contribution in [3.8, 4) is 0 Å². The average molecular weight is 372 g/mol. The fraction of sp³-hybridized carbons (Fsp3) is 1.00. The minimum Gasteiger partial charge on any atom is -0.246 e. The molecule has 0 N–H and O–H groups in total. The molecule has 0 saturated carbocycles. The lowest BCUT2D eigenvalue weighted by Crippen LogP contribution is -2.49. The zero-order valence-corrected chi connectivity index (χ0v) is 9.46. The molecule has 0 spiro atoms. The van der Waals surface area contributed by atoms with Crippen LogP contribution in [0.4, 0.5) is 35.1 Å². The molecule has 0 atom stereocenters. The third-order valence-electron chi connectivity index (χ3n) is 1.35. The normalized spacial score (nSPS) is 14.6. The molecule has 16 heavy (non-hydrogen) atoms. The average Bonchev–Trinajstić information content (AvgIpc) is 2.00. The zero-order chi connectivity index (χ0) is 13.2. The van der Waals surface area contributed by atoms with Crippen LogP contribution in [0.25, 0.3) is 0 Å². The number of halogens is 9. The fourth-order valence-electron chi connectivity index (χ4n) is 0.554. The number of rotatable bonds is 6. The van der Waals surface area contributed by atoms with Crippen LogP contribution in [-0.4, -0.2) is 29.0 Å². The molecule has 0 fully saturated rings. The highest BCUT2D eigenvalue weighted by atomic mass is 127. The van der Waals surface area contributed by atoms with Gasteiger partial charge < -0.3 is 0 Å². The molecule has 0 aliphatic rings. The monoisotopic (exact) mass is 372 g/mol. The van der Waals surface area contributed by atoms with Crippen LogP contribution >= 0.6 is 22.6 Å². The van der Waals surface area contributed by atoms with Crippen molar-refractivity contribution in [2.45, 2.75) is 31.0 Å². The fourth-order valence-corrected chi connectivity index (χ4v) is 1.23. The SMILES string of the molecule is FC(F)C(F)(F)OC(F)(F)C(F)(F)CCI. The standard InChI is InChI=1S/C6H5F8IO/c7-3(8)5(11,12)16-6(13,14)4(9,10)1-2-15/h3H,1-2H2. The van der Waals surface area contributed by atoms with Gasteiger partial charge in [-0.2, -0.15) is 26.3 Å². The van der Waals surface area contributed by atoms with Crippen LogP contribution in [-0.2, 0) is 4.74 Å². The second-order valence-corrected chi connectivity index (χ2v) is 3.70. The van der Waals surface area contributed by atoms with E-state index < -0.39 is 35.4 Å². The summed E-state index contributed by atoms with van der Waals surface area (Å²) in [5.74, 6) is -4.94. The van der Waals surface area contributed by atoms with Crippen LogP contribution in [0.15, 0.2) is 0 Å². The number of hydrogen-bond donors (Lipinski definition) is 0. The number of hydrogen-bond acceptors (Lipinski definition) is 1. The molecule has 0 amide bonds. The Bertz CT molecular complexity index is 231. The lowest BCUT2D eigenvalue weighted by molar-refractivity contribution is -0.449. The van der Waals surface area contributed by atoms with Crippen LogP contribution in [0.3, 0.4) is 0 Å². The maximum Gasteiger partial charge on any atom is 0.424 e. The van der Waals surface area contributed by atoms with E-state index in [9.17, 15) is 35.1 Å². The van der Waals surface area contributed by atoms with E-state index in [1.807, 2.05) is 0 Å². The summed E-state index contributed by atoms with van der Waals surface area (Å²) < 4.78 is 98.7. The summed E-state index contributed by atoms with van der Waals surface area (Å²) in [5.41, 5.74) is 0. The highest BCUT2D eigenvalue weighted by molar-refractivity contribution is 14.1. The van der Waals surface area contributed by atoms with Crippen LogP contribution in [0, 0.1) is 0 Å². The summed E-state index contributed by atoms with van der Waals surface area (Å²) in [6.45, 7) is 0. The Kier molecular flexibility index (Phi) is 5.23. The minimum absolute atomic E-state index is 0.482. The Labute approximate surface area is 98.3 Å². The first-order valence-corrected chi connectivity index (χ1v) is 5.16. The predicted octanol–water partition coefficient (Wildman–Crippen LogP) is 3.91. The van der Waals surface area contributed by atoms with Gasteiger partial charge >= 0.3 is 24.6 Å². The van der Waals surface area contributed by atoms with Crippen molar-refractivity contribution in [2.75, 3.05) is 4.43 Å². The van der Waals surface area contributed by atoms with E-state index in [2.05, 4.69) is 4.74 Å². The molecule has 0 radical (unpaired) electrons. The maximum absolute atomic E-state index is 12.5. The summed E-state index contributed by atoms with van der Waals surface area (Å²) in [5, 5.41) is 0. The van der Waals surface area contributed by atoms with E-state index in [-0.39, 0.29) is 0 Å². The molecular weight excluding hydrogens is 367 g/mol. The van der Waals surface area contributed by atoms with Gasteiger partial charge in [-0.3, -0.25) is 0 Å². The molecule has 10 heteroatoms. The largest absolute Gasteiger partial charge is 0.424 e. The first-order chi connectivity index (χ1) is 6.96. The van der Waals surface area contributed by atoms with E-state index >= 15 is 0 Å². The third kappa shape index (κ3) is 3.86. The van der Waals surface area contributed by atoms with Crippen molar-refractivity contribution in [3.63, 3.8) is 0 Å². The van der Waals surface area contributed by atoms with Gasteiger partial charge in [0.15, 0.2) is 0 Å². The van der Waals surface area contributed by atoms with Crippen molar-refractivity contribution in [1.29, 1.82) is 0 Å². The van der Waals surface area contributed by atoms with Crippen molar-refractivity contribution in [2.24, 2.45) is 0 Å². The van der Waals surface area contributed by atoms with E-state index in [0.29, 0.717) is 0 Å². The summed E-state index contributed by atoms with van der Waals surface area (Å²) in [4.78, 5) is 0. The van der Waals surface area contributed by atoms with E-state index in [0.717, 1.165) is 0 Å². The number of ether oxygens (including phenoxy) is 1. The second kappa shape index (κ2) is 5.19. The third-order valence-corrected chi connectivity index (χ3v) is 1.89. The molecule has 0 aromatic heterocycles. The first-order valence-electron chi connectivity index (χ1n) is 3.64. The smallest absolute Gasteiger partial charge is 0.246 e. The zero-order valence-electron chi connectivity index (χ0n) is 7.30. The van der Waals surface area contributed by atoms with Gasteiger partial charge in [0.2, 0.25) is 0 Å². The Balaban J connectivity index is 4.80. The topological polar surface area (TPSA) is 9.23 Å². The lowest BCUT2D eigenvalue weighted by Gasteiger charge is -2.28. The maximum atomic E-state index is 12.5. The molecule has 0 aliphatic heterocycles. The summed E-state index contributed by atoms with van der Waals surface area (Å²) in [7, 11) is 0. The molecule has 0 aromatic rings.